The highest BCUT2D eigenvalue weighted by Crippen LogP contribution is 2.25. The van der Waals surface area contributed by atoms with Crippen LogP contribution in [0.3, 0.4) is 0 Å². The van der Waals surface area contributed by atoms with Gasteiger partial charge in [0.15, 0.2) is 0 Å². The summed E-state index contributed by atoms with van der Waals surface area (Å²) in [7, 11) is 0. The first-order valence-corrected chi connectivity index (χ1v) is 6.94. The van der Waals surface area contributed by atoms with Gasteiger partial charge in [0.05, 0.1) is 5.69 Å². The summed E-state index contributed by atoms with van der Waals surface area (Å²) >= 11 is 3.50. The lowest BCUT2D eigenvalue weighted by Gasteiger charge is -2.24. The minimum Gasteiger partial charge on any atom is -0.399 e. The number of para-hydroxylation sites is 1. The van der Waals surface area contributed by atoms with Crippen molar-refractivity contribution < 1.29 is 4.39 Å². The van der Waals surface area contributed by atoms with Crippen molar-refractivity contribution in [2.45, 2.75) is 13.5 Å². The molecule has 0 bridgehead atoms. The van der Waals surface area contributed by atoms with E-state index in [0.29, 0.717) is 17.9 Å². The smallest absolute Gasteiger partial charge is 0.146 e. The Morgan fingerprint density at radius 1 is 1.21 bits per heavy atom. The molecular weight excluding hydrogens is 307 g/mol. The molecule has 0 aliphatic rings. The Morgan fingerprint density at radius 3 is 2.58 bits per heavy atom. The molecule has 19 heavy (non-hydrogen) atoms. The van der Waals surface area contributed by atoms with Crippen LogP contribution in [0, 0.1) is 5.82 Å². The first-order chi connectivity index (χ1) is 9.11. The average Bonchev–Trinajstić information content (AvgIpc) is 2.39. The molecule has 0 spiro atoms. The number of benzene rings is 2. The third-order valence-electron chi connectivity index (χ3n) is 3.01. The van der Waals surface area contributed by atoms with Gasteiger partial charge in [0.1, 0.15) is 5.82 Å². The molecule has 0 aromatic heterocycles. The summed E-state index contributed by atoms with van der Waals surface area (Å²) in [5, 5.41) is 0. The van der Waals surface area contributed by atoms with Crippen LogP contribution in [0.2, 0.25) is 0 Å². The van der Waals surface area contributed by atoms with E-state index in [4.69, 9.17) is 5.73 Å². The lowest BCUT2D eigenvalue weighted by molar-refractivity contribution is 0.618. The van der Waals surface area contributed by atoms with Gasteiger partial charge < -0.3 is 10.6 Å². The van der Waals surface area contributed by atoms with Gasteiger partial charge in [-0.15, -0.1) is 0 Å². The van der Waals surface area contributed by atoms with E-state index in [0.717, 1.165) is 16.6 Å². The molecule has 2 aromatic carbocycles. The molecule has 2 rings (SSSR count). The number of anilines is 2. The molecule has 0 aliphatic heterocycles. The number of hydrogen-bond acceptors (Lipinski definition) is 2. The first kappa shape index (κ1) is 13.9. The zero-order chi connectivity index (χ0) is 13.8. The quantitative estimate of drug-likeness (QED) is 0.855. The van der Waals surface area contributed by atoms with Gasteiger partial charge in [-0.2, -0.15) is 0 Å². The van der Waals surface area contributed by atoms with Gasteiger partial charge in [0.2, 0.25) is 0 Å². The van der Waals surface area contributed by atoms with Gasteiger partial charge in [-0.05, 0) is 36.8 Å². The van der Waals surface area contributed by atoms with Crippen molar-refractivity contribution in [3.63, 3.8) is 0 Å². The third kappa shape index (κ3) is 3.26. The summed E-state index contributed by atoms with van der Waals surface area (Å²) in [6, 6.07) is 12.5. The normalized spacial score (nSPS) is 10.5. The van der Waals surface area contributed by atoms with Crippen molar-refractivity contribution >= 4 is 27.3 Å². The third-order valence-corrected chi connectivity index (χ3v) is 3.75. The zero-order valence-electron chi connectivity index (χ0n) is 10.7. The van der Waals surface area contributed by atoms with Crippen molar-refractivity contribution in [1.82, 2.24) is 0 Å². The fraction of sp³-hybridized carbons (Fsp3) is 0.200. The minimum absolute atomic E-state index is 0.198. The number of halogens is 2. The molecule has 0 saturated heterocycles. The first-order valence-electron chi connectivity index (χ1n) is 6.15. The van der Waals surface area contributed by atoms with E-state index in [9.17, 15) is 4.39 Å². The summed E-state index contributed by atoms with van der Waals surface area (Å²) in [4.78, 5) is 1.99. The highest BCUT2D eigenvalue weighted by molar-refractivity contribution is 9.10. The maximum atomic E-state index is 13.8. The lowest BCUT2D eigenvalue weighted by atomic mass is 10.1. The summed E-state index contributed by atoms with van der Waals surface area (Å²) in [6.45, 7) is 3.38. The van der Waals surface area contributed by atoms with Crippen LogP contribution < -0.4 is 10.6 Å². The Hall–Kier alpha value is -1.55. The largest absolute Gasteiger partial charge is 0.399 e. The lowest BCUT2D eigenvalue weighted by Crippen LogP contribution is -2.23. The minimum atomic E-state index is -0.198. The molecule has 2 N–H and O–H groups in total. The second-order valence-electron chi connectivity index (χ2n) is 4.32. The Kier molecular flexibility index (Phi) is 4.43. The summed E-state index contributed by atoms with van der Waals surface area (Å²) < 4.78 is 14.8. The van der Waals surface area contributed by atoms with Crippen LogP contribution in [0.1, 0.15) is 12.5 Å². The van der Waals surface area contributed by atoms with Crippen LogP contribution in [0.15, 0.2) is 46.9 Å². The van der Waals surface area contributed by atoms with E-state index in [1.54, 1.807) is 12.1 Å². The predicted octanol–water partition coefficient (Wildman–Crippen LogP) is 4.20. The van der Waals surface area contributed by atoms with E-state index in [2.05, 4.69) is 15.9 Å². The van der Waals surface area contributed by atoms with Crippen LogP contribution in [0.25, 0.3) is 0 Å². The van der Waals surface area contributed by atoms with Gasteiger partial charge in [-0.25, -0.2) is 4.39 Å². The van der Waals surface area contributed by atoms with Gasteiger partial charge in [-0.3, -0.25) is 0 Å². The maximum Gasteiger partial charge on any atom is 0.146 e. The molecule has 0 aliphatic carbocycles. The Balaban J connectivity index is 2.27. The SMILES string of the molecule is CCN(Cc1ccc(N)cc1Br)c1ccccc1F. The second-order valence-corrected chi connectivity index (χ2v) is 5.17. The van der Waals surface area contributed by atoms with E-state index < -0.39 is 0 Å². The van der Waals surface area contributed by atoms with E-state index in [1.165, 1.54) is 6.07 Å². The van der Waals surface area contributed by atoms with Crippen molar-refractivity contribution in [2.24, 2.45) is 0 Å². The number of nitrogens with two attached hydrogens (primary N) is 1. The van der Waals surface area contributed by atoms with Crippen LogP contribution in [-0.2, 0) is 6.54 Å². The standard InChI is InChI=1S/C15H16BrFN2/c1-2-19(15-6-4-3-5-14(15)17)10-11-7-8-12(18)9-13(11)16/h3-9H,2,10,18H2,1H3. The van der Waals surface area contributed by atoms with Gasteiger partial charge in [0, 0.05) is 23.2 Å². The summed E-state index contributed by atoms with van der Waals surface area (Å²) in [6.07, 6.45) is 0. The molecule has 2 aromatic rings. The van der Waals surface area contributed by atoms with Gasteiger partial charge in [0.25, 0.3) is 0 Å². The Morgan fingerprint density at radius 2 is 1.95 bits per heavy atom. The van der Waals surface area contributed by atoms with Crippen molar-refractivity contribution in [2.75, 3.05) is 17.2 Å². The molecule has 2 nitrogen and oxygen atoms in total. The Bertz CT molecular complexity index is 572. The average molecular weight is 323 g/mol. The summed E-state index contributed by atoms with van der Waals surface area (Å²) in [5.41, 5.74) is 8.14. The van der Waals surface area contributed by atoms with E-state index >= 15 is 0 Å². The second kappa shape index (κ2) is 6.06. The monoisotopic (exact) mass is 322 g/mol. The summed E-state index contributed by atoms with van der Waals surface area (Å²) in [5.74, 6) is -0.198. The highest BCUT2D eigenvalue weighted by Gasteiger charge is 2.11. The fourth-order valence-electron chi connectivity index (χ4n) is 1.97. The molecular formula is C15H16BrFN2. The number of rotatable bonds is 4. The zero-order valence-corrected chi connectivity index (χ0v) is 12.3. The Labute approximate surface area is 121 Å². The maximum absolute atomic E-state index is 13.8. The molecule has 4 heteroatoms. The van der Waals surface area contributed by atoms with Crippen molar-refractivity contribution in [1.29, 1.82) is 0 Å². The molecule has 0 atom stereocenters. The van der Waals surface area contributed by atoms with Crippen LogP contribution in [-0.4, -0.2) is 6.54 Å². The van der Waals surface area contributed by atoms with Crippen molar-refractivity contribution in [3.05, 3.63) is 58.3 Å². The predicted molar refractivity (Wildman–Crippen MR) is 81.7 cm³/mol. The van der Waals surface area contributed by atoms with Gasteiger partial charge in [-0.1, -0.05) is 34.1 Å². The molecule has 100 valence electrons. The van der Waals surface area contributed by atoms with Crippen LogP contribution >= 0.6 is 15.9 Å². The molecule has 0 radical (unpaired) electrons. The molecule has 0 fully saturated rings. The van der Waals surface area contributed by atoms with Gasteiger partial charge >= 0.3 is 0 Å². The van der Waals surface area contributed by atoms with E-state index in [-0.39, 0.29) is 5.82 Å². The number of hydrogen-bond donors (Lipinski definition) is 1. The van der Waals surface area contributed by atoms with E-state index in [1.807, 2.05) is 36.1 Å². The van der Waals surface area contributed by atoms with Crippen LogP contribution in [0.5, 0.6) is 0 Å². The van der Waals surface area contributed by atoms with Crippen molar-refractivity contribution in [3.8, 4) is 0 Å². The molecule has 0 heterocycles. The highest BCUT2D eigenvalue weighted by atomic mass is 79.9. The topological polar surface area (TPSA) is 29.3 Å². The molecule has 0 saturated carbocycles. The molecule has 0 amide bonds. The van der Waals surface area contributed by atoms with Crippen LogP contribution in [0.4, 0.5) is 15.8 Å². The number of nitrogens with zero attached hydrogens (tertiary/aromatic N) is 1. The number of nitrogen functional groups attached to an aromatic ring is 1. The fourth-order valence-corrected chi connectivity index (χ4v) is 2.49. The molecule has 0 unspecified atom stereocenters.